The van der Waals surface area contributed by atoms with Crippen LogP contribution < -0.4 is 10.2 Å². The molecule has 2 N–H and O–H groups in total. The van der Waals surface area contributed by atoms with Gasteiger partial charge in [0.15, 0.2) is 17.4 Å². The molecule has 35 heavy (non-hydrogen) atoms. The number of ketones is 1. The van der Waals surface area contributed by atoms with E-state index >= 15 is 0 Å². The number of H-pyrrole nitrogens is 1. The summed E-state index contributed by atoms with van der Waals surface area (Å²) in [6.45, 7) is 7.68. The molecular formula is C24H29F3N6O2. The minimum atomic E-state index is -4.43. The minimum Gasteiger partial charge on any atom is -0.366 e. The van der Waals surface area contributed by atoms with Crippen LogP contribution in [0.5, 0.6) is 0 Å². The average molecular weight is 491 g/mol. The Kier molecular flexibility index (Phi) is 6.20. The van der Waals surface area contributed by atoms with Crippen LogP contribution in [-0.2, 0) is 11.0 Å². The van der Waals surface area contributed by atoms with Crippen LogP contribution >= 0.6 is 0 Å². The molecule has 2 aliphatic heterocycles. The van der Waals surface area contributed by atoms with Crippen molar-refractivity contribution in [3.05, 3.63) is 35.2 Å². The number of carbonyl (C=O) groups is 1. The van der Waals surface area contributed by atoms with Crippen LogP contribution in [-0.4, -0.2) is 64.8 Å². The van der Waals surface area contributed by atoms with E-state index in [1.165, 1.54) is 6.07 Å². The van der Waals surface area contributed by atoms with Crippen molar-refractivity contribution < 1.29 is 22.5 Å². The van der Waals surface area contributed by atoms with Crippen LogP contribution in [0.25, 0.3) is 10.9 Å². The Morgan fingerprint density at radius 1 is 1.23 bits per heavy atom. The summed E-state index contributed by atoms with van der Waals surface area (Å²) in [5.41, 5.74) is 1.76. The lowest BCUT2D eigenvalue weighted by molar-refractivity contribution is -0.137. The second kappa shape index (κ2) is 9.18. The van der Waals surface area contributed by atoms with E-state index in [1.807, 2.05) is 13.8 Å². The number of nitrogens with one attached hydrogen (secondary N) is 2. The Bertz CT molecular complexity index is 1200. The molecule has 0 spiro atoms. The molecule has 5 rings (SSSR count). The number of nitrogens with zero attached hydrogens (tertiary/aromatic N) is 4. The highest BCUT2D eigenvalue weighted by molar-refractivity contribution is 5.92. The quantitative estimate of drug-likeness (QED) is 0.514. The average Bonchev–Trinajstić information content (AvgIpc) is 3.59. The van der Waals surface area contributed by atoms with E-state index in [9.17, 15) is 18.0 Å². The van der Waals surface area contributed by atoms with Gasteiger partial charge in [0.05, 0.1) is 17.6 Å². The van der Waals surface area contributed by atoms with Crippen LogP contribution in [0.15, 0.2) is 22.7 Å². The zero-order chi connectivity index (χ0) is 24.7. The summed E-state index contributed by atoms with van der Waals surface area (Å²) in [7, 11) is 0. The number of alkyl halides is 3. The molecule has 0 amide bonds. The number of rotatable bonds is 7. The van der Waals surface area contributed by atoms with Gasteiger partial charge in [0, 0.05) is 37.5 Å². The molecule has 0 bridgehead atoms. The molecule has 11 heteroatoms. The van der Waals surface area contributed by atoms with Gasteiger partial charge in [0.25, 0.3) is 0 Å². The fourth-order valence-corrected chi connectivity index (χ4v) is 5.44. The number of carbonyl (C=O) groups excluding carboxylic acids is 1. The maximum absolute atomic E-state index is 13.0. The molecule has 2 aromatic heterocycles. The molecule has 2 fully saturated rings. The summed E-state index contributed by atoms with van der Waals surface area (Å²) in [5, 5.41) is 14.1. The Morgan fingerprint density at radius 3 is 2.80 bits per heavy atom. The third-order valence-electron chi connectivity index (χ3n) is 7.17. The lowest BCUT2D eigenvalue weighted by atomic mass is 10.0. The third-order valence-corrected chi connectivity index (χ3v) is 7.17. The summed E-state index contributed by atoms with van der Waals surface area (Å²) in [5.74, 6) is 1.42. The zero-order valence-electron chi connectivity index (χ0n) is 19.8. The minimum absolute atomic E-state index is 0.0312. The number of fused-ring (bicyclic) bond motifs is 1. The maximum Gasteiger partial charge on any atom is 0.416 e. The Balaban J connectivity index is 1.12. The summed E-state index contributed by atoms with van der Waals surface area (Å²) in [4.78, 5) is 17.5. The largest absolute Gasteiger partial charge is 0.416 e. The van der Waals surface area contributed by atoms with Crippen LogP contribution in [0, 0.1) is 19.8 Å². The predicted molar refractivity (Wildman–Crippen MR) is 125 cm³/mol. The number of Topliss-reactive ketones (excluding diaryl/α,β-unsaturated/α-hetero) is 1. The third kappa shape index (κ3) is 4.86. The van der Waals surface area contributed by atoms with Gasteiger partial charge in [-0.1, -0.05) is 5.16 Å². The van der Waals surface area contributed by atoms with Crippen LogP contribution in [0.3, 0.4) is 0 Å². The first-order valence-electron chi connectivity index (χ1n) is 11.9. The van der Waals surface area contributed by atoms with Gasteiger partial charge in [-0.15, -0.1) is 0 Å². The second-order valence-corrected chi connectivity index (χ2v) is 9.64. The van der Waals surface area contributed by atoms with Crippen LogP contribution in [0.2, 0.25) is 0 Å². The summed E-state index contributed by atoms with van der Waals surface area (Å²) >= 11 is 0. The highest BCUT2D eigenvalue weighted by atomic mass is 19.4. The summed E-state index contributed by atoms with van der Waals surface area (Å²) in [6, 6.07) is 3.86. The molecule has 0 radical (unpaired) electrons. The van der Waals surface area contributed by atoms with Crippen molar-refractivity contribution in [3.63, 3.8) is 0 Å². The van der Waals surface area contributed by atoms with Gasteiger partial charge in [0.2, 0.25) is 0 Å². The van der Waals surface area contributed by atoms with E-state index in [2.05, 4.69) is 30.5 Å². The molecule has 2 unspecified atom stereocenters. The lowest BCUT2D eigenvalue weighted by Crippen LogP contribution is -2.36. The van der Waals surface area contributed by atoms with Gasteiger partial charge in [-0.05, 0) is 57.4 Å². The molecule has 4 heterocycles. The Morgan fingerprint density at radius 2 is 2.06 bits per heavy atom. The van der Waals surface area contributed by atoms with Gasteiger partial charge in [-0.25, -0.2) is 0 Å². The number of hydrogen-bond donors (Lipinski definition) is 2. The molecule has 1 aromatic carbocycles. The monoisotopic (exact) mass is 490 g/mol. The number of benzene rings is 1. The van der Waals surface area contributed by atoms with E-state index in [0.717, 1.165) is 68.3 Å². The molecule has 2 aliphatic rings. The number of likely N-dealkylation sites (tertiary alicyclic amines) is 1. The van der Waals surface area contributed by atoms with E-state index in [1.54, 1.807) is 0 Å². The normalized spacial score (nSPS) is 21.3. The van der Waals surface area contributed by atoms with Crippen molar-refractivity contribution >= 4 is 28.2 Å². The van der Waals surface area contributed by atoms with Crippen LogP contribution in [0.4, 0.5) is 24.7 Å². The Hall–Kier alpha value is -3.08. The Labute approximate surface area is 200 Å². The van der Waals surface area contributed by atoms with E-state index < -0.39 is 11.7 Å². The molecular weight excluding hydrogens is 461 g/mol. The standard InChI is InChI=1S/C24H29F3N6O2/c1-14-22(15(2)35-31-14)33-8-6-18(13-33)32-7-5-16(12-32)9-19(34)11-28-23-20-10-17(24(25,26)27)3-4-21(20)29-30-23/h3-4,10,16,18H,5-9,11-13H2,1-2H3,(H2,28,29,30). The van der Waals surface area contributed by atoms with Gasteiger partial charge >= 0.3 is 6.18 Å². The highest BCUT2D eigenvalue weighted by Crippen LogP contribution is 2.33. The molecule has 0 aliphatic carbocycles. The van der Waals surface area contributed by atoms with Gasteiger partial charge in [-0.3, -0.25) is 14.8 Å². The van der Waals surface area contributed by atoms with Gasteiger partial charge in [-0.2, -0.15) is 18.3 Å². The second-order valence-electron chi connectivity index (χ2n) is 9.64. The van der Waals surface area contributed by atoms with Crippen molar-refractivity contribution in [2.24, 2.45) is 5.92 Å². The number of halogens is 3. The summed E-state index contributed by atoms with van der Waals surface area (Å²) in [6.07, 6.45) is -1.96. The maximum atomic E-state index is 13.0. The highest BCUT2D eigenvalue weighted by Gasteiger charge is 2.35. The number of hydrogen-bond acceptors (Lipinski definition) is 7. The smallest absolute Gasteiger partial charge is 0.366 e. The first-order valence-corrected chi connectivity index (χ1v) is 11.9. The number of aromatic nitrogens is 3. The van der Waals surface area contributed by atoms with Crippen molar-refractivity contribution in [2.75, 3.05) is 42.9 Å². The van der Waals surface area contributed by atoms with Crippen molar-refractivity contribution in [2.45, 2.75) is 45.3 Å². The van der Waals surface area contributed by atoms with E-state index in [4.69, 9.17) is 4.52 Å². The van der Waals surface area contributed by atoms with Gasteiger partial charge < -0.3 is 14.7 Å². The number of anilines is 2. The predicted octanol–water partition coefficient (Wildman–Crippen LogP) is 4.16. The van der Waals surface area contributed by atoms with Crippen molar-refractivity contribution in [1.29, 1.82) is 0 Å². The number of aryl methyl sites for hydroxylation is 2. The fraction of sp³-hybridized carbons (Fsp3) is 0.542. The SMILES string of the molecule is Cc1noc(C)c1N1CCC(N2CCC(CC(=O)CNc3n[nH]c4ccc(C(F)(F)F)cc34)C2)C1. The van der Waals surface area contributed by atoms with Crippen molar-refractivity contribution in [3.8, 4) is 0 Å². The fourth-order valence-electron chi connectivity index (χ4n) is 5.44. The van der Waals surface area contributed by atoms with Crippen molar-refractivity contribution in [1.82, 2.24) is 20.3 Å². The first kappa shape index (κ1) is 23.7. The molecule has 188 valence electrons. The first-order chi connectivity index (χ1) is 16.7. The molecule has 0 saturated carbocycles. The molecule has 8 nitrogen and oxygen atoms in total. The zero-order valence-corrected chi connectivity index (χ0v) is 19.8. The molecule has 2 saturated heterocycles. The molecule has 2 atom stereocenters. The van der Waals surface area contributed by atoms with E-state index in [0.29, 0.717) is 23.4 Å². The van der Waals surface area contributed by atoms with Crippen LogP contribution in [0.1, 0.15) is 36.3 Å². The van der Waals surface area contributed by atoms with Gasteiger partial charge in [0.1, 0.15) is 11.4 Å². The van der Waals surface area contributed by atoms with E-state index in [-0.39, 0.29) is 24.1 Å². The lowest BCUT2D eigenvalue weighted by Gasteiger charge is -2.25. The number of aromatic amines is 1. The summed E-state index contributed by atoms with van der Waals surface area (Å²) < 4.78 is 44.5. The topological polar surface area (TPSA) is 90.3 Å². The molecule has 3 aromatic rings.